The molecule has 0 aromatic carbocycles. The van der Waals surface area contributed by atoms with Crippen LogP contribution in [0.25, 0.3) is 22.7 Å². The highest BCUT2D eigenvalue weighted by molar-refractivity contribution is 7.08. The van der Waals surface area contributed by atoms with Crippen LogP contribution < -0.4 is 10.6 Å². The number of aryl methyl sites for hydroxylation is 2. The topological polar surface area (TPSA) is 143 Å². The van der Waals surface area contributed by atoms with E-state index in [1.165, 1.54) is 0 Å². The van der Waals surface area contributed by atoms with Crippen LogP contribution >= 0.6 is 11.3 Å². The van der Waals surface area contributed by atoms with Crippen LogP contribution in [0.2, 0.25) is 0 Å². The molecule has 4 heterocycles. The van der Waals surface area contributed by atoms with Gasteiger partial charge in [-0.15, -0.1) is 0 Å². The molecule has 2 atom stereocenters. The summed E-state index contributed by atoms with van der Waals surface area (Å²) in [6, 6.07) is 7.40. The number of thiophene rings is 1. The lowest BCUT2D eigenvalue weighted by atomic mass is 9.78. The van der Waals surface area contributed by atoms with Gasteiger partial charge in [-0.05, 0) is 56.3 Å². The maximum Gasteiger partial charge on any atom is 0.307 e. The fourth-order valence-electron chi connectivity index (χ4n) is 4.77. The molecule has 1 saturated carbocycles. The molecule has 0 radical (unpaired) electrons. The summed E-state index contributed by atoms with van der Waals surface area (Å²) in [7, 11) is 0. The number of hydrogen-bond acceptors (Lipinski definition) is 9. The second kappa shape index (κ2) is 11.1. The van der Waals surface area contributed by atoms with Crippen molar-refractivity contribution in [1.29, 1.82) is 0 Å². The summed E-state index contributed by atoms with van der Waals surface area (Å²) < 4.78 is 5.62. The van der Waals surface area contributed by atoms with Gasteiger partial charge < -0.3 is 20.3 Å². The van der Waals surface area contributed by atoms with Crippen LogP contribution in [0.1, 0.15) is 42.6 Å². The Labute approximate surface area is 223 Å². The smallest absolute Gasteiger partial charge is 0.307 e. The SMILES string of the molecule is Cc1nc(-c2onc(C)c2CNc2nccc(-c3ccsc3)n2)ccc1NC(=O)C1CCCCC1C(=O)O. The summed E-state index contributed by atoms with van der Waals surface area (Å²) in [4.78, 5) is 38.1. The molecule has 4 aromatic heterocycles. The lowest BCUT2D eigenvalue weighted by Crippen LogP contribution is -2.36. The largest absolute Gasteiger partial charge is 0.481 e. The van der Waals surface area contributed by atoms with Crippen molar-refractivity contribution in [3.05, 3.63) is 58.2 Å². The van der Waals surface area contributed by atoms with Gasteiger partial charge in [0.2, 0.25) is 11.9 Å². The van der Waals surface area contributed by atoms with Gasteiger partial charge in [0.25, 0.3) is 0 Å². The maximum atomic E-state index is 12.9. The Balaban J connectivity index is 1.30. The van der Waals surface area contributed by atoms with Crippen LogP contribution in [0, 0.1) is 25.7 Å². The number of carboxylic acids is 1. The van der Waals surface area contributed by atoms with E-state index in [4.69, 9.17) is 4.52 Å². The van der Waals surface area contributed by atoms with Gasteiger partial charge in [-0.2, -0.15) is 11.3 Å². The van der Waals surface area contributed by atoms with Crippen molar-refractivity contribution in [3.8, 4) is 22.7 Å². The van der Waals surface area contributed by atoms with Crippen LogP contribution in [0.4, 0.5) is 11.6 Å². The van der Waals surface area contributed by atoms with E-state index in [9.17, 15) is 14.7 Å². The normalized spacial score (nSPS) is 17.2. The predicted octanol–water partition coefficient (Wildman–Crippen LogP) is 5.31. The number of carbonyl (C=O) groups is 2. The average molecular weight is 533 g/mol. The minimum atomic E-state index is -0.916. The fraction of sp³-hybridized carbons (Fsp3) is 0.333. The van der Waals surface area contributed by atoms with Crippen molar-refractivity contribution < 1.29 is 19.2 Å². The molecule has 10 nitrogen and oxygen atoms in total. The Morgan fingerprint density at radius 3 is 2.61 bits per heavy atom. The highest BCUT2D eigenvalue weighted by Crippen LogP contribution is 2.32. The third kappa shape index (κ3) is 5.42. The predicted molar refractivity (Wildman–Crippen MR) is 144 cm³/mol. The Kier molecular flexibility index (Phi) is 7.45. The molecular weight excluding hydrogens is 504 g/mol. The number of hydrogen-bond donors (Lipinski definition) is 3. The molecule has 0 saturated heterocycles. The van der Waals surface area contributed by atoms with Crippen molar-refractivity contribution >= 4 is 34.8 Å². The molecule has 11 heteroatoms. The number of carboxylic acid groups (broad SMARTS) is 1. The Hall–Kier alpha value is -4.12. The summed E-state index contributed by atoms with van der Waals surface area (Å²) in [6.07, 6.45) is 4.49. The molecule has 4 aromatic rings. The van der Waals surface area contributed by atoms with Crippen LogP contribution in [-0.4, -0.2) is 37.1 Å². The monoisotopic (exact) mass is 532 g/mol. The minimum Gasteiger partial charge on any atom is -0.481 e. The van der Waals surface area contributed by atoms with Crippen LogP contribution in [0.3, 0.4) is 0 Å². The van der Waals surface area contributed by atoms with Crippen molar-refractivity contribution in [1.82, 2.24) is 20.1 Å². The molecule has 0 spiro atoms. The van der Waals surface area contributed by atoms with Gasteiger partial charge in [0.1, 0.15) is 5.69 Å². The first-order valence-corrected chi connectivity index (χ1v) is 13.4. The number of carbonyl (C=O) groups excluding carboxylic acids is 1. The summed E-state index contributed by atoms with van der Waals surface area (Å²) in [5.41, 5.74) is 5.13. The third-order valence-electron chi connectivity index (χ3n) is 6.88. The van der Waals surface area contributed by atoms with Gasteiger partial charge in [0.05, 0.1) is 34.6 Å². The zero-order valence-corrected chi connectivity index (χ0v) is 21.9. The number of nitrogens with one attached hydrogen (secondary N) is 2. The number of pyridine rings is 1. The Bertz CT molecular complexity index is 1450. The quantitative estimate of drug-likeness (QED) is 0.275. The fourth-order valence-corrected chi connectivity index (χ4v) is 5.42. The van der Waals surface area contributed by atoms with Gasteiger partial charge in [-0.25, -0.2) is 15.0 Å². The first kappa shape index (κ1) is 25.5. The van der Waals surface area contributed by atoms with Gasteiger partial charge in [-0.1, -0.05) is 18.0 Å². The molecule has 5 rings (SSSR count). The highest BCUT2D eigenvalue weighted by atomic mass is 32.1. The minimum absolute atomic E-state index is 0.278. The molecule has 1 fully saturated rings. The molecule has 0 bridgehead atoms. The molecule has 0 aliphatic heterocycles. The summed E-state index contributed by atoms with van der Waals surface area (Å²) in [6.45, 7) is 4.03. The molecule has 196 valence electrons. The second-order valence-electron chi connectivity index (χ2n) is 9.36. The Morgan fingerprint density at radius 2 is 1.87 bits per heavy atom. The first-order valence-electron chi connectivity index (χ1n) is 12.5. The zero-order valence-electron chi connectivity index (χ0n) is 21.1. The molecule has 1 aliphatic carbocycles. The number of aromatic nitrogens is 4. The summed E-state index contributed by atoms with van der Waals surface area (Å²) in [5.74, 6) is -1.39. The van der Waals surface area contributed by atoms with E-state index >= 15 is 0 Å². The average Bonchev–Trinajstić information content (AvgIpc) is 3.59. The van der Waals surface area contributed by atoms with Gasteiger partial charge >= 0.3 is 5.97 Å². The van der Waals surface area contributed by atoms with Crippen molar-refractivity contribution in [2.24, 2.45) is 11.8 Å². The van der Waals surface area contributed by atoms with E-state index in [0.717, 1.165) is 35.4 Å². The lowest BCUT2D eigenvalue weighted by Gasteiger charge is -2.27. The third-order valence-corrected chi connectivity index (χ3v) is 7.56. The molecule has 1 amide bonds. The maximum absolute atomic E-state index is 12.9. The van der Waals surface area contributed by atoms with E-state index in [1.54, 1.807) is 36.6 Å². The van der Waals surface area contributed by atoms with Crippen LogP contribution in [0.5, 0.6) is 0 Å². The van der Waals surface area contributed by atoms with E-state index in [0.29, 0.717) is 48.2 Å². The summed E-state index contributed by atoms with van der Waals surface area (Å²) >= 11 is 1.61. The van der Waals surface area contributed by atoms with E-state index in [1.807, 2.05) is 29.8 Å². The lowest BCUT2D eigenvalue weighted by molar-refractivity contribution is -0.147. The number of rotatable bonds is 8. The number of amides is 1. The van der Waals surface area contributed by atoms with E-state index < -0.39 is 17.8 Å². The second-order valence-corrected chi connectivity index (χ2v) is 10.1. The molecule has 1 aliphatic rings. The molecule has 3 N–H and O–H groups in total. The zero-order chi connectivity index (χ0) is 26.6. The van der Waals surface area contributed by atoms with Crippen LogP contribution in [0.15, 0.2) is 45.7 Å². The van der Waals surface area contributed by atoms with Crippen molar-refractivity contribution in [3.63, 3.8) is 0 Å². The van der Waals surface area contributed by atoms with Gasteiger partial charge in [0.15, 0.2) is 5.76 Å². The van der Waals surface area contributed by atoms with E-state index in [2.05, 4.69) is 30.7 Å². The van der Waals surface area contributed by atoms with E-state index in [-0.39, 0.29) is 5.91 Å². The summed E-state index contributed by atoms with van der Waals surface area (Å²) in [5, 5.41) is 23.8. The Morgan fingerprint density at radius 1 is 1.05 bits per heavy atom. The number of nitrogens with zero attached hydrogens (tertiary/aromatic N) is 4. The van der Waals surface area contributed by atoms with Crippen molar-refractivity contribution in [2.75, 3.05) is 10.6 Å². The van der Waals surface area contributed by atoms with Gasteiger partial charge in [0, 0.05) is 29.2 Å². The standard InChI is InChI=1S/C27H28N6O4S/c1-15-20(13-29-27-28-11-9-22(32-27)17-10-12-38-14-17)24(37-33-15)23-8-7-21(16(2)30-23)31-25(34)18-5-3-4-6-19(18)26(35)36/h7-12,14,18-19H,3-6,13H2,1-2H3,(H,31,34)(H,35,36)(H,28,29,32). The number of aliphatic carboxylic acids is 1. The van der Waals surface area contributed by atoms with Crippen molar-refractivity contribution in [2.45, 2.75) is 46.1 Å². The molecule has 38 heavy (non-hydrogen) atoms. The number of anilines is 2. The molecular formula is C27H28N6O4S. The van der Waals surface area contributed by atoms with Crippen LogP contribution in [-0.2, 0) is 16.1 Å². The highest BCUT2D eigenvalue weighted by Gasteiger charge is 2.36. The first-order chi connectivity index (χ1) is 18.4. The van der Waals surface area contributed by atoms with Gasteiger partial charge in [-0.3, -0.25) is 9.59 Å². The molecule has 2 unspecified atom stereocenters.